The zero-order chi connectivity index (χ0) is 14.0. The van der Waals surface area contributed by atoms with Crippen LogP contribution in [-0.4, -0.2) is 20.8 Å². The van der Waals surface area contributed by atoms with Crippen molar-refractivity contribution in [3.63, 3.8) is 0 Å². The molecule has 0 aliphatic carbocycles. The number of aryl methyl sites for hydroxylation is 1. The Labute approximate surface area is 120 Å². The summed E-state index contributed by atoms with van der Waals surface area (Å²) in [5, 5.41) is 8.13. The van der Waals surface area contributed by atoms with E-state index in [0.717, 1.165) is 6.42 Å². The van der Waals surface area contributed by atoms with E-state index in [1.165, 1.54) is 18.3 Å². The number of aromatic nitrogens is 3. The summed E-state index contributed by atoms with van der Waals surface area (Å²) in [6.45, 7) is 2.62. The number of nitrogens with two attached hydrogens (primary N) is 1. The Bertz CT molecular complexity index is 601. The van der Waals surface area contributed by atoms with Crippen molar-refractivity contribution in [3.8, 4) is 0 Å². The second-order valence-corrected chi connectivity index (χ2v) is 4.84. The van der Waals surface area contributed by atoms with Crippen molar-refractivity contribution in [3.05, 3.63) is 39.6 Å². The molecule has 2 aromatic rings. The summed E-state index contributed by atoms with van der Waals surface area (Å²) in [4.78, 5) is 12.4. The summed E-state index contributed by atoms with van der Waals surface area (Å²) >= 11 is 11.9. The molecular weight excluding hydrogens is 287 g/mol. The van der Waals surface area contributed by atoms with E-state index in [4.69, 9.17) is 28.9 Å². The zero-order valence-corrected chi connectivity index (χ0v) is 11.7. The van der Waals surface area contributed by atoms with E-state index < -0.39 is 0 Å². The lowest BCUT2D eigenvalue weighted by Crippen LogP contribution is -2.11. The normalized spacial score (nSPS) is 10.7. The minimum Gasteiger partial charge on any atom is -0.396 e. The largest absolute Gasteiger partial charge is 0.396 e. The van der Waals surface area contributed by atoms with Crippen LogP contribution < -0.4 is 5.73 Å². The molecule has 0 atom stereocenters. The Morgan fingerprint density at radius 2 is 2.00 bits per heavy atom. The van der Waals surface area contributed by atoms with Crippen LogP contribution in [0.5, 0.6) is 0 Å². The van der Waals surface area contributed by atoms with Crippen molar-refractivity contribution < 1.29 is 4.79 Å². The number of hydrogen-bond donors (Lipinski definition) is 1. The minimum atomic E-state index is -0.234. The highest BCUT2D eigenvalue weighted by molar-refractivity contribution is 6.39. The number of anilines is 1. The third kappa shape index (κ3) is 2.72. The van der Waals surface area contributed by atoms with Crippen LogP contribution in [0.2, 0.25) is 10.0 Å². The quantitative estimate of drug-likeness (QED) is 0.696. The van der Waals surface area contributed by atoms with Crippen LogP contribution in [0.4, 0.5) is 5.69 Å². The Morgan fingerprint density at radius 1 is 1.37 bits per heavy atom. The number of carbonyl (C=O) groups is 1. The predicted octanol–water partition coefficient (Wildman–Crippen LogP) is 2.81. The molecule has 1 aromatic heterocycles. The second kappa shape index (κ2) is 5.59. The molecule has 19 heavy (non-hydrogen) atoms. The number of halogens is 2. The number of benzene rings is 1. The molecule has 0 aliphatic rings. The van der Waals surface area contributed by atoms with Crippen molar-refractivity contribution in [2.45, 2.75) is 19.9 Å². The first-order valence-corrected chi connectivity index (χ1v) is 6.48. The van der Waals surface area contributed by atoms with Crippen LogP contribution in [0, 0.1) is 0 Å². The SMILES string of the molecule is CCCn1nncc1C(=O)c1cc(Cl)c(N)c(Cl)c1. The number of nitrogen functional groups attached to an aromatic ring is 1. The Balaban J connectivity index is 2.41. The smallest absolute Gasteiger partial charge is 0.212 e. The average molecular weight is 299 g/mol. The molecule has 0 fully saturated rings. The third-order valence-corrected chi connectivity index (χ3v) is 3.25. The number of nitrogens with zero attached hydrogens (tertiary/aromatic N) is 3. The molecule has 0 saturated carbocycles. The fraction of sp³-hybridized carbons (Fsp3) is 0.250. The number of carbonyl (C=O) groups excluding carboxylic acids is 1. The lowest BCUT2D eigenvalue weighted by Gasteiger charge is -2.07. The van der Waals surface area contributed by atoms with E-state index in [9.17, 15) is 4.79 Å². The Kier molecular flexibility index (Phi) is 4.07. The third-order valence-electron chi connectivity index (χ3n) is 2.63. The van der Waals surface area contributed by atoms with Gasteiger partial charge in [-0.2, -0.15) is 0 Å². The molecule has 0 amide bonds. The lowest BCUT2D eigenvalue weighted by atomic mass is 10.1. The molecule has 5 nitrogen and oxygen atoms in total. The molecule has 0 spiro atoms. The number of ketones is 1. The molecule has 0 aliphatic heterocycles. The maximum Gasteiger partial charge on any atom is 0.212 e. The summed E-state index contributed by atoms with van der Waals surface area (Å²) in [5.41, 5.74) is 6.67. The maximum absolute atomic E-state index is 12.4. The molecule has 1 heterocycles. The summed E-state index contributed by atoms with van der Waals surface area (Å²) in [6.07, 6.45) is 2.28. The Hall–Kier alpha value is -1.59. The van der Waals surface area contributed by atoms with E-state index in [0.29, 0.717) is 17.8 Å². The van der Waals surface area contributed by atoms with Gasteiger partial charge in [-0.15, -0.1) is 5.10 Å². The standard InChI is InChI=1S/C12H12Cl2N4O/c1-2-3-18-10(6-16-17-18)12(19)7-4-8(13)11(15)9(14)5-7/h4-6H,2-3,15H2,1H3. The van der Waals surface area contributed by atoms with E-state index >= 15 is 0 Å². The van der Waals surface area contributed by atoms with Crippen LogP contribution in [-0.2, 0) is 6.54 Å². The van der Waals surface area contributed by atoms with Crippen molar-refractivity contribution in [2.24, 2.45) is 0 Å². The van der Waals surface area contributed by atoms with Gasteiger partial charge in [-0.05, 0) is 18.6 Å². The van der Waals surface area contributed by atoms with Gasteiger partial charge in [-0.3, -0.25) is 4.79 Å². The van der Waals surface area contributed by atoms with Crippen molar-refractivity contribution in [1.29, 1.82) is 0 Å². The van der Waals surface area contributed by atoms with Gasteiger partial charge in [0.05, 0.1) is 21.9 Å². The maximum atomic E-state index is 12.4. The van der Waals surface area contributed by atoms with Crippen molar-refractivity contribution in [2.75, 3.05) is 5.73 Å². The van der Waals surface area contributed by atoms with Crippen molar-refractivity contribution in [1.82, 2.24) is 15.0 Å². The van der Waals surface area contributed by atoms with Gasteiger partial charge in [-0.1, -0.05) is 35.3 Å². The molecule has 1 aromatic carbocycles. The van der Waals surface area contributed by atoms with E-state index in [1.807, 2.05) is 6.92 Å². The minimum absolute atomic E-state index is 0.234. The summed E-state index contributed by atoms with van der Waals surface area (Å²) in [6, 6.07) is 2.99. The number of rotatable bonds is 4. The van der Waals surface area contributed by atoms with Gasteiger partial charge < -0.3 is 5.73 Å². The van der Waals surface area contributed by atoms with E-state index in [-0.39, 0.29) is 21.5 Å². The highest BCUT2D eigenvalue weighted by Gasteiger charge is 2.17. The highest BCUT2D eigenvalue weighted by atomic mass is 35.5. The van der Waals surface area contributed by atoms with Crippen LogP contribution in [0.25, 0.3) is 0 Å². The first-order chi connectivity index (χ1) is 9.04. The van der Waals surface area contributed by atoms with E-state index in [1.54, 1.807) is 4.68 Å². The van der Waals surface area contributed by atoms with Crippen LogP contribution in [0.3, 0.4) is 0 Å². The highest BCUT2D eigenvalue weighted by Crippen LogP contribution is 2.29. The van der Waals surface area contributed by atoms with Crippen molar-refractivity contribution >= 4 is 34.7 Å². The fourth-order valence-electron chi connectivity index (χ4n) is 1.67. The van der Waals surface area contributed by atoms with Crippen LogP contribution >= 0.6 is 23.2 Å². The molecule has 7 heteroatoms. The average Bonchev–Trinajstić information content (AvgIpc) is 2.83. The molecule has 100 valence electrons. The van der Waals surface area contributed by atoms with Gasteiger partial charge in [0.15, 0.2) is 0 Å². The van der Waals surface area contributed by atoms with Crippen LogP contribution in [0.1, 0.15) is 29.4 Å². The molecule has 0 bridgehead atoms. The first kappa shape index (κ1) is 13.8. The van der Waals surface area contributed by atoms with Gasteiger partial charge in [0.2, 0.25) is 5.78 Å². The lowest BCUT2D eigenvalue weighted by molar-refractivity contribution is 0.102. The molecule has 2 rings (SSSR count). The zero-order valence-electron chi connectivity index (χ0n) is 10.2. The fourth-order valence-corrected chi connectivity index (χ4v) is 2.16. The van der Waals surface area contributed by atoms with Gasteiger partial charge in [-0.25, -0.2) is 4.68 Å². The number of hydrogen-bond acceptors (Lipinski definition) is 4. The summed E-state index contributed by atoms with van der Waals surface area (Å²) < 4.78 is 1.56. The molecule has 2 N–H and O–H groups in total. The summed E-state index contributed by atoms with van der Waals surface area (Å²) in [5.74, 6) is -0.234. The Morgan fingerprint density at radius 3 is 2.58 bits per heavy atom. The second-order valence-electron chi connectivity index (χ2n) is 4.03. The van der Waals surface area contributed by atoms with Gasteiger partial charge in [0.1, 0.15) is 5.69 Å². The van der Waals surface area contributed by atoms with Gasteiger partial charge in [0.25, 0.3) is 0 Å². The van der Waals surface area contributed by atoms with Gasteiger partial charge >= 0.3 is 0 Å². The predicted molar refractivity (Wildman–Crippen MR) is 74.6 cm³/mol. The van der Waals surface area contributed by atoms with Crippen LogP contribution in [0.15, 0.2) is 18.3 Å². The topological polar surface area (TPSA) is 73.8 Å². The monoisotopic (exact) mass is 298 g/mol. The molecular formula is C12H12Cl2N4O. The summed E-state index contributed by atoms with van der Waals surface area (Å²) in [7, 11) is 0. The van der Waals surface area contributed by atoms with Gasteiger partial charge in [0, 0.05) is 12.1 Å². The first-order valence-electron chi connectivity index (χ1n) is 5.72. The molecule has 0 saturated heterocycles. The molecule has 0 unspecified atom stereocenters. The molecule has 0 radical (unpaired) electrons. The van der Waals surface area contributed by atoms with E-state index in [2.05, 4.69) is 10.3 Å².